The second kappa shape index (κ2) is 4.57. The van der Waals surface area contributed by atoms with Crippen molar-refractivity contribution in [1.29, 1.82) is 0 Å². The maximum Gasteiger partial charge on any atom is 1.00 e. The van der Waals surface area contributed by atoms with Crippen molar-refractivity contribution in [2.45, 2.75) is 26.3 Å². The fourth-order valence-corrected chi connectivity index (χ4v) is 0.800. The van der Waals surface area contributed by atoms with E-state index in [1.54, 1.807) is 20.8 Å². The van der Waals surface area contributed by atoms with Crippen LogP contribution in [0.15, 0.2) is 0 Å². The van der Waals surface area contributed by atoms with Gasteiger partial charge in [-0.2, -0.15) is 0 Å². The number of amides is 1. The number of hydrogen-bond donors (Lipinski definition) is 1. The van der Waals surface area contributed by atoms with E-state index in [9.17, 15) is 17.8 Å². The van der Waals surface area contributed by atoms with Crippen molar-refractivity contribution >= 4 is 15.4 Å². The summed E-state index contributed by atoms with van der Waals surface area (Å²) in [4.78, 5) is 10.5. The third kappa shape index (κ3) is 7.05. The summed E-state index contributed by atoms with van der Waals surface area (Å²) in [6.07, 6.45) is 0. The number of nitrogens with one attached hydrogen (secondary N) is 1. The molecule has 12 heavy (non-hydrogen) atoms. The predicted octanol–water partition coefficient (Wildman–Crippen LogP) is -2.96. The topological polar surface area (TPSA) is 86.3 Å². The van der Waals surface area contributed by atoms with Crippen molar-refractivity contribution in [2.24, 2.45) is 0 Å². The van der Waals surface area contributed by atoms with Crippen LogP contribution in [0.1, 0.15) is 20.8 Å². The Labute approximate surface area is 94.0 Å². The van der Waals surface area contributed by atoms with Gasteiger partial charge in [-0.25, -0.2) is 8.42 Å². The van der Waals surface area contributed by atoms with Gasteiger partial charge in [0.1, 0.15) is 0 Å². The van der Waals surface area contributed by atoms with Crippen LogP contribution in [-0.2, 0) is 10.1 Å². The van der Waals surface area contributed by atoms with Crippen LogP contribution in [-0.4, -0.2) is 23.7 Å². The van der Waals surface area contributed by atoms with Crippen LogP contribution in [0.2, 0.25) is 0 Å². The Balaban J connectivity index is 0. The van der Waals surface area contributed by atoms with E-state index in [2.05, 4.69) is 0 Å². The van der Waals surface area contributed by atoms with E-state index in [4.69, 9.17) is 0 Å². The Morgan fingerprint density at radius 1 is 1.33 bits per heavy atom. The Morgan fingerprint density at radius 2 is 1.67 bits per heavy atom. The molecule has 66 valence electrons. The minimum atomic E-state index is -4.84. The first-order chi connectivity index (χ1) is 4.63. The smallest absolute Gasteiger partial charge is 0.740 e. The third-order valence-electron chi connectivity index (χ3n) is 0.704. The maximum absolute atomic E-state index is 10.5. The van der Waals surface area contributed by atoms with E-state index in [-0.39, 0.29) is 29.6 Å². The van der Waals surface area contributed by atoms with Crippen LogP contribution in [0, 0.1) is 0 Å². The molecule has 1 N–H and O–H groups in total. The zero-order valence-electron chi connectivity index (χ0n) is 7.54. The molecule has 0 bridgehead atoms. The fraction of sp³-hybridized carbons (Fsp3) is 0.800. The molecule has 0 aliphatic carbocycles. The molecule has 0 aromatic carbocycles. The second-order valence-electron chi connectivity index (χ2n) is 3.12. The third-order valence-corrected chi connectivity index (χ3v) is 1.26. The van der Waals surface area contributed by atoms with Crippen LogP contribution in [0.25, 0.3) is 0 Å². The van der Waals surface area contributed by atoms with Crippen molar-refractivity contribution in [3.63, 3.8) is 0 Å². The number of carbonyl (C=O) groups is 1. The molecular weight excluding hydrogens is 193 g/mol. The summed E-state index contributed by atoms with van der Waals surface area (Å²) in [6, 6.07) is 0. The van der Waals surface area contributed by atoms with Crippen LogP contribution in [0.4, 0.5) is 4.79 Å². The largest absolute Gasteiger partial charge is 1.00 e. The van der Waals surface area contributed by atoms with Crippen molar-refractivity contribution in [3.8, 4) is 0 Å². The van der Waals surface area contributed by atoms with Crippen LogP contribution < -0.4 is 34.9 Å². The minimum absolute atomic E-state index is 0. The molecule has 0 spiro atoms. The first-order valence-corrected chi connectivity index (χ1v) is 4.32. The molecule has 0 radical (unpaired) electrons. The minimum Gasteiger partial charge on any atom is -0.740 e. The van der Waals surface area contributed by atoms with E-state index in [0.717, 1.165) is 0 Å². The van der Waals surface area contributed by atoms with Crippen molar-refractivity contribution in [2.75, 3.05) is 0 Å². The summed E-state index contributed by atoms with van der Waals surface area (Å²) in [5.74, 6) is 0. The van der Waals surface area contributed by atoms with E-state index < -0.39 is 20.9 Å². The standard InChI is InChI=1S/C5H11NO4S.Na/c1-5(2,3)6-4(7)11(8,9)10;/h1-3H3,(H,6,7)(H,8,9,10);/q;+1/p-1. The van der Waals surface area contributed by atoms with Gasteiger partial charge >= 0.3 is 34.8 Å². The van der Waals surface area contributed by atoms with Gasteiger partial charge in [-0.05, 0) is 20.8 Å². The molecule has 1 amide bonds. The Hall–Kier alpha value is 0.380. The maximum atomic E-state index is 10.5. The van der Waals surface area contributed by atoms with E-state index in [0.29, 0.717) is 0 Å². The summed E-state index contributed by atoms with van der Waals surface area (Å²) in [7, 11) is -4.84. The van der Waals surface area contributed by atoms with Gasteiger partial charge in [-0.15, -0.1) is 0 Å². The van der Waals surface area contributed by atoms with Gasteiger partial charge in [0.25, 0.3) is 0 Å². The molecular formula is C5H10NNaO4S. The molecule has 0 aromatic rings. The van der Waals surface area contributed by atoms with Gasteiger partial charge < -0.3 is 9.87 Å². The molecule has 7 heteroatoms. The molecule has 5 nitrogen and oxygen atoms in total. The van der Waals surface area contributed by atoms with E-state index >= 15 is 0 Å². The molecule has 0 aliphatic heterocycles. The van der Waals surface area contributed by atoms with Crippen molar-refractivity contribution in [1.82, 2.24) is 5.32 Å². The Kier molecular flexibility index (Phi) is 5.67. The van der Waals surface area contributed by atoms with E-state index in [1.165, 1.54) is 0 Å². The zero-order chi connectivity index (χ0) is 9.28. The van der Waals surface area contributed by atoms with E-state index in [1.807, 2.05) is 5.32 Å². The van der Waals surface area contributed by atoms with Gasteiger partial charge in [0, 0.05) is 5.54 Å². The van der Waals surface area contributed by atoms with Gasteiger partial charge in [-0.1, -0.05) is 0 Å². The summed E-state index contributed by atoms with van der Waals surface area (Å²) in [5.41, 5.74) is -0.700. The predicted molar refractivity (Wildman–Crippen MR) is 38.0 cm³/mol. The normalized spacial score (nSPS) is 11.7. The number of rotatable bonds is 0. The molecule has 0 saturated carbocycles. The SMILES string of the molecule is CC(C)(C)NC(=O)S(=O)(=O)[O-].[Na+]. The second-order valence-corrected chi connectivity index (χ2v) is 4.40. The molecule has 0 rings (SSSR count). The zero-order valence-corrected chi connectivity index (χ0v) is 10.4. The summed E-state index contributed by atoms with van der Waals surface area (Å²) in [5, 5.41) is 0.538. The fourth-order valence-electron chi connectivity index (χ4n) is 0.369. The molecule has 0 heterocycles. The Morgan fingerprint density at radius 3 is 1.75 bits per heavy atom. The molecule has 0 saturated heterocycles. The summed E-state index contributed by atoms with van der Waals surface area (Å²) < 4.78 is 30.1. The summed E-state index contributed by atoms with van der Waals surface area (Å²) >= 11 is 0. The summed E-state index contributed by atoms with van der Waals surface area (Å²) in [6.45, 7) is 4.74. The first kappa shape index (κ1) is 14.9. The first-order valence-electron chi connectivity index (χ1n) is 2.91. The van der Waals surface area contributed by atoms with Crippen LogP contribution >= 0.6 is 0 Å². The molecule has 0 aliphatic rings. The monoisotopic (exact) mass is 203 g/mol. The molecule has 0 atom stereocenters. The van der Waals surface area contributed by atoms with Crippen LogP contribution in [0.3, 0.4) is 0 Å². The van der Waals surface area contributed by atoms with Gasteiger partial charge in [0.05, 0.1) is 0 Å². The van der Waals surface area contributed by atoms with Gasteiger partial charge in [0.2, 0.25) is 0 Å². The van der Waals surface area contributed by atoms with Gasteiger partial charge in [-0.3, -0.25) is 4.79 Å². The molecule has 0 fully saturated rings. The average Bonchev–Trinajstić information content (AvgIpc) is 1.56. The van der Waals surface area contributed by atoms with Crippen LogP contribution in [0.5, 0.6) is 0 Å². The number of hydrogen-bond acceptors (Lipinski definition) is 4. The van der Waals surface area contributed by atoms with Gasteiger partial charge in [0.15, 0.2) is 10.1 Å². The molecule has 0 unspecified atom stereocenters. The quantitative estimate of drug-likeness (QED) is 0.337. The molecule has 0 aromatic heterocycles. The average molecular weight is 203 g/mol. The van der Waals surface area contributed by atoms with Crippen molar-refractivity contribution in [3.05, 3.63) is 0 Å². The van der Waals surface area contributed by atoms with Crippen molar-refractivity contribution < 1.29 is 47.3 Å². The Bertz CT molecular complexity index is 253. The number of carbonyl (C=O) groups excluding carboxylic acids is 1.